The Hall–Kier alpha value is -3.49. The first-order chi connectivity index (χ1) is 15.6. The van der Waals surface area contributed by atoms with Crippen LogP contribution < -0.4 is 30.7 Å². The molecule has 9 heteroatoms. The SMILES string of the molecule is CCNC(=NCc1ccc2c(c1)OCO2)NCc1cccnc1N1CCC(C(N)=O)CC1. The lowest BCUT2D eigenvalue weighted by molar-refractivity contribution is -0.122. The summed E-state index contributed by atoms with van der Waals surface area (Å²) < 4.78 is 10.8. The summed E-state index contributed by atoms with van der Waals surface area (Å²) in [7, 11) is 0. The van der Waals surface area contributed by atoms with E-state index in [4.69, 9.17) is 20.2 Å². The molecule has 2 aromatic rings. The number of hydrogen-bond acceptors (Lipinski definition) is 6. The molecule has 9 nitrogen and oxygen atoms in total. The predicted octanol–water partition coefficient (Wildman–Crippen LogP) is 1.77. The minimum absolute atomic E-state index is 0.0415. The molecule has 0 atom stereocenters. The number of aromatic nitrogens is 1. The van der Waals surface area contributed by atoms with Crippen LogP contribution in [0.2, 0.25) is 0 Å². The van der Waals surface area contributed by atoms with Crippen LogP contribution in [0.25, 0.3) is 0 Å². The maximum atomic E-state index is 11.5. The molecule has 3 heterocycles. The molecule has 0 radical (unpaired) electrons. The molecule has 1 amide bonds. The van der Waals surface area contributed by atoms with Gasteiger partial charge >= 0.3 is 0 Å². The summed E-state index contributed by atoms with van der Waals surface area (Å²) in [6.45, 7) is 5.72. The number of piperidine rings is 1. The highest BCUT2D eigenvalue weighted by molar-refractivity contribution is 5.80. The topological polar surface area (TPSA) is 114 Å². The molecular weight excluding hydrogens is 408 g/mol. The van der Waals surface area contributed by atoms with Gasteiger partial charge in [-0.15, -0.1) is 0 Å². The van der Waals surface area contributed by atoms with Crippen molar-refractivity contribution >= 4 is 17.7 Å². The third-order valence-electron chi connectivity index (χ3n) is 5.71. The van der Waals surface area contributed by atoms with Gasteiger partial charge in [0.2, 0.25) is 12.7 Å². The highest BCUT2D eigenvalue weighted by Gasteiger charge is 2.25. The molecule has 170 valence electrons. The van der Waals surface area contributed by atoms with Crippen molar-refractivity contribution in [1.82, 2.24) is 15.6 Å². The first-order valence-electron chi connectivity index (χ1n) is 11.0. The first-order valence-corrected chi connectivity index (χ1v) is 11.0. The van der Waals surface area contributed by atoms with E-state index < -0.39 is 0 Å². The molecule has 4 N–H and O–H groups in total. The zero-order valence-electron chi connectivity index (χ0n) is 18.3. The van der Waals surface area contributed by atoms with E-state index in [0.29, 0.717) is 13.1 Å². The Morgan fingerprint density at radius 3 is 2.81 bits per heavy atom. The molecule has 0 aliphatic carbocycles. The van der Waals surface area contributed by atoms with E-state index in [-0.39, 0.29) is 18.6 Å². The third kappa shape index (κ3) is 5.22. The Kier molecular flexibility index (Phi) is 6.94. The van der Waals surface area contributed by atoms with Crippen molar-refractivity contribution < 1.29 is 14.3 Å². The second kappa shape index (κ2) is 10.2. The number of aliphatic imine (C=N–C) groups is 1. The molecule has 32 heavy (non-hydrogen) atoms. The number of pyridine rings is 1. The fourth-order valence-corrected chi connectivity index (χ4v) is 3.96. The molecule has 0 bridgehead atoms. The van der Waals surface area contributed by atoms with Crippen LogP contribution in [-0.2, 0) is 17.9 Å². The molecule has 0 unspecified atom stereocenters. The average molecular weight is 439 g/mol. The monoisotopic (exact) mass is 438 g/mol. The molecule has 2 aliphatic heterocycles. The summed E-state index contributed by atoms with van der Waals surface area (Å²) in [6, 6.07) is 9.88. The Balaban J connectivity index is 1.40. The number of nitrogens with two attached hydrogens (primary N) is 1. The molecule has 1 aromatic heterocycles. The lowest BCUT2D eigenvalue weighted by atomic mass is 9.96. The zero-order chi connectivity index (χ0) is 22.3. The highest BCUT2D eigenvalue weighted by Crippen LogP contribution is 2.32. The molecule has 1 saturated heterocycles. The van der Waals surface area contributed by atoms with Crippen molar-refractivity contribution in [3.63, 3.8) is 0 Å². The lowest BCUT2D eigenvalue weighted by Crippen LogP contribution is -2.40. The lowest BCUT2D eigenvalue weighted by Gasteiger charge is -2.32. The first kappa shape index (κ1) is 21.7. The largest absolute Gasteiger partial charge is 0.454 e. The Morgan fingerprint density at radius 1 is 1.22 bits per heavy atom. The van der Waals surface area contributed by atoms with Crippen LogP contribution in [0.4, 0.5) is 5.82 Å². The van der Waals surface area contributed by atoms with Crippen LogP contribution in [0.5, 0.6) is 11.5 Å². The van der Waals surface area contributed by atoms with Gasteiger partial charge in [0, 0.05) is 43.9 Å². The van der Waals surface area contributed by atoms with Gasteiger partial charge in [-0.1, -0.05) is 12.1 Å². The van der Waals surface area contributed by atoms with E-state index in [1.807, 2.05) is 31.2 Å². The molecule has 0 saturated carbocycles. The van der Waals surface area contributed by atoms with Gasteiger partial charge in [-0.25, -0.2) is 9.98 Å². The fourth-order valence-electron chi connectivity index (χ4n) is 3.96. The number of primary amides is 1. The van der Waals surface area contributed by atoms with Crippen molar-refractivity contribution in [2.24, 2.45) is 16.6 Å². The number of nitrogens with zero attached hydrogens (tertiary/aromatic N) is 3. The third-order valence-corrected chi connectivity index (χ3v) is 5.71. The van der Waals surface area contributed by atoms with E-state index in [1.54, 1.807) is 6.20 Å². The number of guanidine groups is 1. The number of ether oxygens (including phenoxy) is 2. The average Bonchev–Trinajstić information content (AvgIpc) is 3.29. The standard InChI is InChI=1S/C23H30N6O3/c1-2-25-23(27-13-16-5-6-19-20(12-16)32-15-31-19)28-14-18-4-3-9-26-22(18)29-10-7-17(8-11-29)21(24)30/h3-6,9,12,17H,2,7-8,10-11,13-15H2,1H3,(H2,24,30)(H2,25,27,28). The number of carbonyl (C=O) groups excluding carboxylic acids is 1. The quantitative estimate of drug-likeness (QED) is 0.446. The van der Waals surface area contributed by atoms with Gasteiger partial charge < -0.3 is 30.7 Å². The summed E-state index contributed by atoms with van der Waals surface area (Å²) in [5, 5.41) is 6.70. The van der Waals surface area contributed by atoms with Crippen molar-refractivity contribution in [3.05, 3.63) is 47.7 Å². The Bertz CT molecular complexity index is 972. The number of hydrogen-bond donors (Lipinski definition) is 3. The maximum Gasteiger partial charge on any atom is 0.231 e. The van der Waals surface area contributed by atoms with Crippen molar-refractivity contribution in [1.29, 1.82) is 0 Å². The van der Waals surface area contributed by atoms with Crippen molar-refractivity contribution in [2.45, 2.75) is 32.9 Å². The smallest absolute Gasteiger partial charge is 0.231 e. The van der Waals surface area contributed by atoms with Gasteiger partial charge in [0.25, 0.3) is 0 Å². The number of amides is 1. The van der Waals surface area contributed by atoms with E-state index in [0.717, 1.165) is 66.9 Å². The molecule has 4 rings (SSSR count). The summed E-state index contributed by atoms with van der Waals surface area (Å²) in [6.07, 6.45) is 3.33. The van der Waals surface area contributed by atoms with Gasteiger partial charge in [0.15, 0.2) is 17.5 Å². The maximum absolute atomic E-state index is 11.5. The Morgan fingerprint density at radius 2 is 2.03 bits per heavy atom. The van der Waals surface area contributed by atoms with Crippen LogP contribution in [-0.4, -0.2) is 43.3 Å². The number of carbonyl (C=O) groups is 1. The number of benzene rings is 1. The van der Waals surface area contributed by atoms with Crippen LogP contribution >= 0.6 is 0 Å². The number of anilines is 1. The normalized spacial score (nSPS) is 16.2. The second-order valence-corrected chi connectivity index (χ2v) is 7.89. The van der Waals surface area contributed by atoms with Gasteiger partial charge in [-0.3, -0.25) is 4.79 Å². The highest BCUT2D eigenvalue weighted by atomic mass is 16.7. The van der Waals surface area contributed by atoms with E-state index in [9.17, 15) is 4.79 Å². The second-order valence-electron chi connectivity index (χ2n) is 7.89. The van der Waals surface area contributed by atoms with E-state index in [2.05, 4.69) is 26.6 Å². The minimum atomic E-state index is -0.207. The molecular formula is C23H30N6O3. The fraction of sp³-hybridized carbons (Fsp3) is 0.435. The van der Waals surface area contributed by atoms with Gasteiger partial charge in [-0.2, -0.15) is 0 Å². The molecule has 1 aromatic carbocycles. The summed E-state index contributed by atoms with van der Waals surface area (Å²) in [4.78, 5) is 23.0. The van der Waals surface area contributed by atoms with E-state index in [1.165, 1.54) is 0 Å². The van der Waals surface area contributed by atoms with Gasteiger partial charge in [0.1, 0.15) is 5.82 Å². The molecule has 0 spiro atoms. The summed E-state index contributed by atoms with van der Waals surface area (Å²) >= 11 is 0. The number of rotatable bonds is 7. The van der Waals surface area contributed by atoms with Crippen LogP contribution in [0.15, 0.2) is 41.5 Å². The summed E-state index contributed by atoms with van der Waals surface area (Å²) in [5.41, 5.74) is 7.60. The van der Waals surface area contributed by atoms with Crippen LogP contribution in [0.1, 0.15) is 30.9 Å². The predicted molar refractivity (Wildman–Crippen MR) is 123 cm³/mol. The number of fused-ring (bicyclic) bond motifs is 1. The van der Waals surface area contributed by atoms with E-state index >= 15 is 0 Å². The Labute approximate surface area is 188 Å². The van der Waals surface area contributed by atoms with Gasteiger partial charge in [-0.05, 0) is 43.5 Å². The van der Waals surface area contributed by atoms with Crippen molar-refractivity contribution in [2.75, 3.05) is 31.3 Å². The van der Waals surface area contributed by atoms with Gasteiger partial charge in [0.05, 0.1) is 6.54 Å². The van der Waals surface area contributed by atoms with Crippen LogP contribution in [0.3, 0.4) is 0 Å². The van der Waals surface area contributed by atoms with Crippen LogP contribution in [0, 0.1) is 5.92 Å². The minimum Gasteiger partial charge on any atom is -0.454 e. The van der Waals surface area contributed by atoms with Crippen molar-refractivity contribution in [3.8, 4) is 11.5 Å². The summed E-state index contributed by atoms with van der Waals surface area (Å²) in [5.74, 6) is 2.95. The zero-order valence-corrected chi connectivity index (χ0v) is 18.3. The molecule has 1 fully saturated rings. The molecule has 2 aliphatic rings. The number of nitrogens with one attached hydrogen (secondary N) is 2.